The van der Waals surface area contributed by atoms with Gasteiger partial charge in [0.1, 0.15) is 0 Å². The van der Waals surface area contributed by atoms with E-state index in [1.165, 1.54) is 11.7 Å². The Hall–Kier alpha value is -2.61. The minimum Gasteiger partial charge on any atom is -0.862 e. The van der Waals surface area contributed by atoms with E-state index in [4.69, 9.17) is 4.52 Å². The van der Waals surface area contributed by atoms with Crippen LogP contribution in [0.5, 0.6) is 0 Å². The molecular weight excluding hydrogens is 298 g/mol. The van der Waals surface area contributed by atoms with Crippen LogP contribution in [-0.4, -0.2) is 44.5 Å². The van der Waals surface area contributed by atoms with Crippen molar-refractivity contribution >= 4 is 17.5 Å². The zero-order valence-electron chi connectivity index (χ0n) is 13.9. The normalized spacial score (nSPS) is 13.0. The fourth-order valence-corrected chi connectivity index (χ4v) is 2.10. The molecule has 1 aromatic carbocycles. The second-order valence-corrected chi connectivity index (χ2v) is 5.52. The van der Waals surface area contributed by atoms with Crippen molar-refractivity contribution in [2.45, 2.75) is 13.0 Å². The number of rotatable bonds is 5. The van der Waals surface area contributed by atoms with E-state index in [0.29, 0.717) is 11.3 Å². The molecule has 0 amide bonds. The third kappa shape index (κ3) is 3.59. The molecule has 1 aromatic heterocycles. The van der Waals surface area contributed by atoms with Crippen LogP contribution in [0.25, 0.3) is 0 Å². The molecule has 0 saturated heterocycles. The Morgan fingerprint density at radius 2 is 1.87 bits per heavy atom. The molecule has 23 heavy (non-hydrogen) atoms. The van der Waals surface area contributed by atoms with Crippen LogP contribution in [0.2, 0.25) is 0 Å². The number of aromatic nitrogens is 2. The Morgan fingerprint density at radius 3 is 2.35 bits per heavy atom. The molecule has 1 heterocycles. The highest BCUT2D eigenvalue weighted by molar-refractivity contribution is 5.71. The van der Waals surface area contributed by atoms with Crippen LogP contribution in [0.4, 0.5) is 11.6 Å². The van der Waals surface area contributed by atoms with E-state index in [2.05, 4.69) is 10.3 Å². The molecule has 1 atom stereocenters. The maximum absolute atomic E-state index is 11.3. The molecule has 0 aliphatic carbocycles. The lowest BCUT2D eigenvalue weighted by molar-refractivity contribution is -0.761. The molecule has 0 aliphatic heterocycles. The van der Waals surface area contributed by atoms with Gasteiger partial charge in [-0.25, -0.2) is 4.99 Å². The zero-order chi connectivity index (χ0) is 17.1. The van der Waals surface area contributed by atoms with Crippen molar-refractivity contribution in [3.8, 4) is 0 Å². The van der Waals surface area contributed by atoms with E-state index in [-0.39, 0.29) is 5.88 Å². The van der Waals surface area contributed by atoms with Gasteiger partial charge in [-0.1, -0.05) is 12.1 Å². The summed E-state index contributed by atoms with van der Waals surface area (Å²) in [5.41, 5.74) is 1.96. The van der Waals surface area contributed by atoms with Gasteiger partial charge in [0.05, 0.1) is 18.9 Å². The number of anilines is 1. The highest BCUT2D eigenvalue weighted by atomic mass is 16.5. The topological polar surface area (TPSA) is 92.0 Å². The van der Waals surface area contributed by atoms with Crippen LogP contribution in [0.15, 0.2) is 33.8 Å². The summed E-state index contributed by atoms with van der Waals surface area (Å²) in [4.78, 5) is 7.10. The third-order valence-electron chi connectivity index (χ3n) is 3.26. The Balaban J connectivity index is 2.46. The fourth-order valence-electron chi connectivity index (χ4n) is 2.10. The first kappa shape index (κ1) is 16.8. The lowest BCUT2D eigenvalue weighted by atomic mass is 10.1. The Labute approximate surface area is 134 Å². The number of benzene rings is 1. The van der Waals surface area contributed by atoms with E-state index in [1.807, 2.05) is 43.3 Å². The summed E-state index contributed by atoms with van der Waals surface area (Å²) >= 11 is 0. The van der Waals surface area contributed by atoms with E-state index < -0.39 is 12.0 Å². The average Bonchev–Trinajstić information content (AvgIpc) is 2.89. The van der Waals surface area contributed by atoms with Crippen LogP contribution >= 0.6 is 0 Å². The van der Waals surface area contributed by atoms with Crippen molar-refractivity contribution in [1.29, 1.82) is 0 Å². The summed E-state index contributed by atoms with van der Waals surface area (Å²) in [6.45, 7) is 1.31. The van der Waals surface area contributed by atoms with Gasteiger partial charge < -0.3 is 15.1 Å². The number of aliphatic imine (C=N–C) groups is 1. The van der Waals surface area contributed by atoms with Crippen LogP contribution in [0.1, 0.15) is 24.3 Å². The fraction of sp³-hybridized carbons (Fsp3) is 0.400. The second kappa shape index (κ2) is 6.66. The van der Waals surface area contributed by atoms with E-state index in [1.54, 1.807) is 19.1 Å². The summed E-state index contributed by atoms with van der Waals surface area (Å²) in [6.07, 6.45) is -1.03. The number of aliphatic hydroxyl groups excluding tert-OH is 1. The van der Waals surface area contributed by atoms with Crippen molar-refractivity contribution in [2.24, 2.45) is 4.99 Å². The number of nitrogens with zero attached hydrogens (tertiary/aromatic N) is 5. The molecule has 8 heteroatoms. The van der Waals surface area contributed by atoms with Crippen molar-refractivity contribution in [3.63, 3.8) is 0 Å². The highest BCUT2D eigenvalue weighted by Crippen LogP contribution is 2.28. The van der Waals surface area contributed by atoms with Gasteiger partial charge in [-0.2, -0.15) is 5.01 Å². The maximum Gasteiger partial charge on any atom is 0.343 e. The average molecular weight is 319 g/mol. The summed E-state index contributed by atoms with van der Waals surface area (Å²) < 4.78 is 5.09. The molecule has 2 aromatic rings. The molecular formula is C15H21N5O3. The summed E-state index contributed by atoms with van der Waals surface area (Å²) in [6, 6.07) is 7.41. The van der Waals surface area contributed by atoms with E-state index >= 15 is 0 Å². The van der Waals surface area contributed by atoms with Gasteiger partial charge in [0, 0.05) is 19.8 Å². The quantitative estimate of drug-likeness (QED) is 0.463. The molecule has 124 valence electrons. The molecule has 0 spiro atoms. The van der Waals surface area contributed by atoms with Crippen molar-refractivity contribution in [1.82, 2.24) is 5.27 Å². The van der Waals surface area contributed by atoms with Crippen LogP contribution in [0, 0.1) is 0 Å². The number of aliphatic hydroxyl groups is 1. The Kier molecular flexibility index (Phi) is 4.85. The first-order chi connectivity index (χ1) is 10.8. The SMILES string of the molecule is C/C([O-])=N/c1on[n+](N(C)C)c1C(O)c1ccc(N(C)C)cc1. The summed E-state index contributed by atoms with van der Waals surface area (Å²) in [5.74, 6) is -0.432. The molecule has 0 radical (unpaired) electrons. The highest BCUT2D eigenvalue weighted by Gasteiger charge is 2.34. The van der Waals surface area contributed by atoms with Gasteiger partial charge >= 0.3 is 11.6 Å². The first-order valence-corrected chi connectivity index (χ1v) is 7.08. The first-order valence-electron chi connectivity index (χ1n) is 7.08. The predicted molar refractivity (Wildman–Crippen MR) is 84.4 cm³/mol. The maximum atomic E-state index is 11.3. The smallest absolute Gasteiger partial charge is 0.343 e. The van der Waals surface area contributed by atoms with Crippen molar-refractivity contribution < 1.29 is 19.5 Å². The van der Waals surface area contributed by atoms with Gasteiger partial charge in [-0.3, -0.25) is 4.52 Å². The van der Waals surface area contributed by atoms with Crippen molar-refractivity contribution in [3.05, 3.63) is 35.5 Å². The third-order valence-corrected chi connectivity index (χ3v) is 3.26. The van der Waals surface area contributed by atoms with E-state index in [0.717, 1.165) is 5.69 Å². The molecule has 1 unspecified atom stereocenters. The second-order valence-electron chi connectivity index (χ2n) is 5.52. The zero-order valence-corrected chi connectivity index (χ0v) is 13.9. The number of hydrogen-bond donors (Lipinski definition) is 1. The summed E-state index contributed by atoms with van der Waals surface area (Å²) in [5, 5.41) is 27.4. The predicted octanol–water partition coefficient (Wildman–Crippen LogP) is -0.282. The molecule has 2 rings (SSSR count). The van der Waals surface area contributed by atoms with Crippen LogP contribution in [0.3, 0.4) is 0 Å². The molecule has 8 nitrogen and oxygen atoms in total. The monoisotopic (exact) mass is 319 g/mol. The van der Waals surface area contributed by atoms with Gasteiger partial charge in [-0.15, -0.1) is 0 Å². The minimum absolute atomic E-state index is 0.00427. The lowest BCUT2D eigenvalue weighted by Gasteiger charge is -2.14. The number of hydrogen-bond acceptors (Lipinski definition) is 7. The molecule has 0 bridgehead atoms. The molecule has 0 fully saturated rings. The summed E-state index contributed by atoms with van der Waals surface area (Å²) in [7, 11) is 7.36. The van der Waals surface area contributed by atoms with Gasteiger partial charge in [0.25, 0.3) is 0 Å². The van der Waals surface area contributed by atoms with Gasteiger partial charge in [0.15, 0.2) is 6.10 Å². The standard InChI is InChI=1S/C15H21N5O3/c1-10(21)16-15-13(20(17-23-15)19(4)5)14(22)11-6-8-12(9-7-11)18(2)3/h6-9,14,22H,1-5H3. The van der Waals surface area contributed by atoms with Gasteiger partial charge in [0.2, 0.25) is 5.27 Å². The van der Waals surface area contributed by atoms with E-state index in [9.17, 15) is 10.2 Å². The van der Waals surface area contributed by atoms with Crippen LogP contribution in [-0.2, 0) is 0 Å². The molecule has 0 saturated carbocycles. The lowest BCUT2D eigenvalue weighted by Crippen LogP contribution is -2.57. The largest absolute Gasteiger partial charge is 0.862 e. The molecule has 1 N–H and O–H groups in total. The minimum atomic E-state index is -1.03. The Bertz CT molecular complexity index is 688. The Morgan fingerprint density at radius 1 is 1.26 bits per heavy atom. The van der Waals surface area contributed by atoms with Crippen molar-refractivity contribution in [2.75, 3.05) is 38.1 Å². The van der Waals surface area contributed by atoms with Crippen LogP contribution < -0.4 is 19.8 Å². The molecule has 0 aliphatic rings. The van der Waals surface area contributed by atoms with Gasteiger partial charge in [-0.05, 0) is 30.5 Å².